The summed E-state index contributed by atoms with van der Waals surface area (Å²) in [5, 5.41) is 2.68. The molecule has 2 aromatic carbocycles. The number of carbonyl (C=O) groups is 2. The van der Waals surface area contributed by atoms with E-state index in [1.54, 1.807) is 11.9 Å². The molecule has 1 N–H and O–H groups in total. The van der Waals surface area contributed by atoms with Gasteiger partial charge in [0, 0.05) is 13.6 Å². The summed E-state index contributed by atoms with van der Waals surface area (Å²) in [5.41, 5.74) is 2.71. The van der Waals surface area contributed by atoms with Crippen molar-refractivity contribution in [2.45, 2.75) is 45.3 Å². The lowest BCUT2D eigenvalue weighted by molar-refractivity contribution is 0.0205. The minimum absolute atomic E-state index is 0.238. The molecule has 2 amide bonds. The summed E-state index contributed by atoms with van der Waals surface area (Å²) in [7, 11) is 1.59. The minimum atomic E-state index is -0.581. The molecule has 0 bridgehead atoms. The Morgan fingerprint density at radius 3 is 2.58 bits per heavy atom. The van der Waals surface area contributed by atoms with Crippen molar-refractivity contribution < 1.29 is 18.7 Å². The maximum Gasteiger partial charge on any atom is 0.410 e. The topological polar surface area (TPSA) is 84.7 Å². The van der Waals surface area contributed by atoms with Crippen molar-refractivity contribution >= 4 is 23.1 Å². The van der Waals surface area contributed by atoms with Gasteiger partial charge < -0.3 is 14.5 Å². The zero-order valence-corrected chi connectivity index (χ0v) is 18.3. The number of rotatable bonds is 3. The zero-order chi connectivity index (χ0) is 22.2. The molecule has 0 radical (unpaired) electrons. The number of nitrogens with zero attached hydrogens (tertiary/aromatic N) is 2. The number of nitrogens with one attached hydrogen (secondary N) is 1. The van der Waals surface area contributed by atoms with Crippen molar-refractivity contribution in [3.05, 3.63) is 53.9 Å². The van der Waals surface area contributed by atoms with Crippen molar-refractivity contribution in [2.75, 3.05) is 13.6 Å². The average Bonchev–Trinajstić information content (AvgIpc) is 3.38. The Bertz CT molecular complexity index is 1120. The van der Waals surface area contributed by atoms with Crippen molar-refractivity contribution in [1.29, 1.82) is 0 Å². The second kappa shape index (κ2) is 8.06. The third-order valence-electron chi connectivity index (χ3n) is 5.26. The first-order valence-corrected chi connectivity index (χ1v) is 10.5. The zero-order valence-electron chi connectivity index (χ0n) is 18.3. The highest BCUT2D eigenvalue weighted by Gasteiger charge is 2.36. The summed E-state index contributed by atoms with van der Waals surface area (Å²) < 4.78 is 11.7. The van der Waals surface area contributed by atoms with E-state index in [0.717, 1.165) is 24.0 Å². The van der Waals surface area contributed by atoms with E-state index in [1.165, 1.54) is 0 Å². The molecule has 7 nitrogen and oxygen atoms in total. The maximum atomic E-state index is 12.7. The van der Waals surface area contributed by atoms with E-state index in [4.69, 9.17) is 9.15 Å². The average molecular weight is 421 g/mol. The van der Waals surface area contributed by atoms with Gasteiger partial charge in [-0.3, -0.25) is 9.69 Å². The van der Waals surface area contributed by atoms with Gasteiger partial charge in [-0.1, -0.05) is 30.3 Å². The Kier molecular flexibility index (Phi) is 5.43. The van der Waals surface area contributed by atoms with E-state index in [9.17, 15) is 9.59 Å². The molecule has 0 saturated carbocycles. The van der Waals surface area contributed by atoms with Crippen LogP contribution in [0.4, 0.5) is 4.79 Å². The molecular formula is C24H27N3O4. The van der Waals surface area contributed by atoms with Crippen LogP contribution in [0, 0.1) is 0 Å². The molecule has 1 fully saturated rings. The van der Waals surface area contributed by atoms with E-state index in [2.05, 4.69) is 10.3 Å². The van der Waals surface area contributed by atoms with Crippen molar-refractivity contribution in [3.8, 4) is 11.1 Å². The van der Waals surface area contributed by atoms with Gasteiger partial charge in [-0.15, -0.1) is 0 Å². The standard InChI is InChI=1S/C24H27N3O4/c1-24(2,3)31-23(29)27-12-8-11-18(27)22-26-20-17(21(28)25-4)13-16(14-19(20)30-22)15-9-6-5-7-10-15/h5-7,9-10,13-14,18H,8,11-12H2,1-4H3,(H,25,28)/t18-/m0/s1. The van der Waals surface area contributed by atoms with E-state index in [-0.39, 0.29) is 18.0 Å². The predicted molar refractivity (Wildman–Crippen MR) is 118 cm³/mol. The number of fused-ring (bicyclic) bond motifs is 1. The van der Waals surface area contributed by atoms with Gasteiger partial charge in [0.2, 0.25) is 5.89 Å². The summed E-state index contributed by atoms with van der Waals surface area (Å²) >= 11 is 0. The van der Waals surface area contributed by atoms with Crippen LogP contribution in [-0.4, -0.2) is 41.1 Å². The van der Waals surface area contributed by atoms with Gasteiger partial charge in [0.05, 0.1) is 5.56 Å². The summed E-state index contributed by atoms with van der Waals surface area (Å²) in [6, 6.07) is 13.2. The van der Waals surface area contributed by atoms with Crippen LogP contribution in [0.1, 0.15) is 55.9 Å². The van der Waals surface area contributed by atoms with Gasteiger partial charge in [-0.05, 0) is 56.9 Å². The first kappa shape index (κ1) is 20.9. The lowest BCUT2D eigenvalue weighted by Gasteiger charge is -2.27. The lowest BCUT2D eigenvalue weighted by Crippen LogP contribution is -2.36. The van der Waals surface area contributed by atoms with Crippen molar-refractivity contribution in [1.82, 2.24) is 15.2 Å². The Balaban J connectivity index is 1.76. The molecule has 1 aliphatic heterocycles. The third-order valence-corrected chi connectivity index (χ3v) is 5.26. The quantitative estimate of drug-likeness (QED) is 0.648. The molecule has 0 aliphatic carbocycles. The Morgan fingerprint density at radius 2 is 1.90 bits per heavy atom. The molecule has 0 unspecified atom stereocenters. The monoisotopic (exact) mass is 421 g/mol. The normalized spacial score (nSPS) is 16.5. The van der Waals surface area contributed by atoms with Crippen molar-refractivity contribution in [3.63, 3.8) is 0 Å². The van der Waals surface area contributed by atoms with E-state index in [1.807, 2.05) is 63.2 Å². The lowest BCUT2D eigenvalue weighted by atomic mass is 10.0. The predicted octanol–water partition coefficient (Wildman–Crippen LogP) is 4.93. The smallest absolute Gasteiger partial charge is 0.410 e. The van der Waals surface area contributed by atoms with Crippen LogP contribution in [0.2, 0.25) is 0 Å². The van der Waals surface area contributed by atoms with Crippen LogP contribution < -0.4 is 5.32 Å². The molecule has 1 aromatic heterocycles. The van der Waals surface area contributed by atoms with Crippen LogP contribution in [0.5, 0.6) is 0 Å². The number of hydrogen-bond acceptors (Lipinski definition) is 5. The molecule has 1 atom stereocenters. The SMILES string of the molecule is CNC(=O)c1cc(-c2ccccc2)cc2oc([C@@H]3CCCN3C(=O)OC(C)(C)C)nc12. The second-order valence-corrected chi connectivity index (χ2v) is 8.70. The third kappa shape index (κ3) is 4.26. The highest BCUT2D eigenvalue weighted by Crippen LogP contribution is 2.36. The van der Waals surface area contributed by atoms with Gasteiger partial charge in [0.1, 0.15) is 17.2 Å². The summed E-state index contributed by atoms with van der Waals surface area (Å²) in [4.78, 5) is 31.6. The van der Waals surface area contributed by atoms with E-state index >= 15 is 0 Å². The molecule has 2 heterocycles. The molecule has 31 heavy (non-hydrogen) atoms. The molecule has 1 saturated heterocycles. The highest BCUT2D eigenvalue weighted by atomic mass is 16.6. The van der Waals surface area contributed by atoms with Crippen LogP contribution in [-0.2, 0) is 4.74 Å². The number of ether oxygens (including phenoxy) is 1. The second-order valence-electron chi connectivity index (χ2n) is 8.70. The molecule has 7 heteroatoms. The van der Waals surface area contributed by atoms with Crippen LogP contribution in [0.15, 0.2) is 46.9 Å². The fraction of sp³-hybridized carbons (Fsp3) is 0.375. The van der Waals surface area contributed by atoms with Gasteiger partial charge >= 0.3 is 6.09 Å². The number of aromatic nitrogens is 1. The largest absolute Gasteiger partial charge is 0.444 e. The number of carbonyl (C=O) groups excluding carboxylic acids is 2. The fourth-order valence-electron chi connectivity index (χ4n) is 3.86. The maximum absolute atomic E-state index is 12.7. The number of hydrogen-bond donors (Lipinski definition) is 1. The minimum Gasteiger partial charge on any atom is -0.444 e. The van der Waals surface area contributed by atoms with E-state index in [0.29, 0.717) is 29.1 Å². The van der Waals surface area contributed by atoms with Gasteiger partial charge in [0.15, 0.2) is 5.58 Å². The highest BCUT2D eigenvalue weighted by molar-refractivity contribution is 6.06. The van der Waals surface area contributed by atoms with Crippen LogP contribution >= 0.6 is 0 Å². The Morgan fingerprint density at radius 1 is 1.16 bits per heavy atom. The Hall–Kier alpha value is -3.35. The molecule has 3 aromatic rings. The van der Waals surface area contributed by atoms with E-state index < -0.39 is 5.60 Å². The van der Waals surface area contributed by atoms with Crippen LogP contribution in [0.3, 0.4) is 0 Å². The van der Waals surface area contributed by atoms with Gasteiger partial charge in [-0.25, -0.2) is 9.78 Å². The summed E-state index contributed by atoms with van der Waals surface area (Å²) in [6.07, 6.45) is 1.18. The molecule has 4 rings (SSSR count). The summed E-state index contributed by atoms with van der Waals surface area (Å²) in [6.45, 7) is 6.11. The molecule has 162 valence electrons. The Labute approximate surface area is 181 Å². The molecular weight excluding hydrogens is 394 g/mol. The molecule has 1 aliphatic rings. The fourth-order valence-corrected chi connectivity index (χ4v) is 3.86. The van der Waals surface area contributed by atoms with Gasteiger partial charge in [-0.2, -0.15) is 0 Å². The summed E-state index contributed by atoms with van der Waals surface area (Å²) in [5.74, 6) is 0.187. The van der Waals surface area contributed by atoms with Gasteiger partial charge in [0.25, 0.3) is 5.91 Å². The number of oxazole rings is 1. The van der Waals surface area contributed by atoms with Crippen LogP contribution in [0.25, 0.3) is 22.2 Å². The number of amides is 2. The first-order chi connectivity index (χ1) is 14.8. The van der Waals surface area contributed by atoms with Crippen molar-refractivity contribution in [2.24, 2.45) is 0 Å². The number of likely N-dealkylation sites (tertiary alicyclic amines) is 1. The number of benzene rings is 2. The molecule has 0 spiro atoms. The first-order valence-electron chi connectivity index (χ1n) is 10.5.